The number of pyridine rings is 2. The average molecular weight is 531 g/mol. The minimum atomic E-state index is -4.45. The smallest absolute Gasteiger partial charge is 0.408 e. The third-order valence-corrected chi connectivity index (χ3v) is 6.30. The van der Waals surface area contributed by atoms with Gasteiger partial charge in [-0.25, -0.2) is 4.98 Å². The summed E-state index contributed by atoms with van der Waals surface area (Å²) < 4.78 is 54.9. The van der Waals surface area contributed by atoms with Crippen molar-refractivity contribution in [2.75, 3.05) is 26.8 Å². The molecule has 4 aromatic rings. The Morgan fingerprint density at radius 2 is 1.87 bits per heavy atom. The first-order chi connectivity index (χ1) is 18.2. The van der Waals surface area contributed by atoms with Crippen LogP contribution in [0.15, 0.2) is 48.7 Å². The highest BCUT2D eigenvalue weighted by molar-refractivity contribution is 5.82. The quantitative estimate of drug-likeness (QED) is 0.359. The molecule has 1 aromatic carbocycles. The lowest BCUT2D eigenvalue weighted by atomic mass is 10.1. The SMILES string of the molecule is CC.COCC(C)Oc1ccc2ccc(-c3nnc4ccc(C(N5CCC(N)C5)C(F)(F)F)cn34)nc2c1. The molecule has 8 nitrogen and oxygen atoms in total. The standard InChI is InChI=1S/C25H27F3N6O2.C2H6/c1-15(14-35-2)36-19-6-3-16-4-7-20(30-21(16)11-19)24-32-31-22-8-5-17(12-34(22)24)23(25(26,27)28)33-10-9-18(29)13-33;1-2/h3-8,11-12,15,18,23H,9-10,13-14,29H2,1-2H3;1-2H3. The molecule has 1 aliphatic heterocycles. The molecular formula is C27H33F3N6O2. The van der Waals surface area contributed by atoms with Crippen LogP contribution in [-0.2, 0) is 4.74 Å². The number of nitrogens with zero attached hydrogens (tertiary/aromatic N) is 5. The molecule has 0 aliphatic carbocycles. The summed E-state index contributed by atoms with van der Waals surface area (Å²) in [5.41, 5.74) is 7.59. The highest BCUT2D eigenvalue weighted by atomic mass is 19.4. The summed E-state index contributed by atoms with van der Waals surface area (Å²) in [6.07, 6.45) is -2.61. The Morgan fingerprint density at radius 3 is 2.55 bits per heavy atom. The van der Waals surface area contributed by atoms with Crippen molar-refractivity contribution < 1.29 is 22.6 Å². The maximum atomic E-state index is 14.1. The zero-order valence-electron chi connectivity index (χ0n) is 21.9. The molecule has 3 atom stereocenters. The van der Waals surface area contributed by atoms with Gasteiger partial charge in [-0.3, -0.25) is 9.30 Å². The highest BCUT2D eigenvalue weighted by Gasteiger charge is 2.46. The number of halogens is 3. The predicted octanol–water partition coefficient (Wildman–Crippen LogP) is 5.02. The largest absolute Gasteiger partial charge is 0.488 e. The van der Waals surface area contributed by atoms with Gasteiger partial charge >= 0.3 is 6.18 Å². The van der Waals surface area contributed by atoms with Crippen molar-refractivity contribution in [3.63, 3.8) is 0 Å². The van der Waals surface area contributed by atoms with E-state index in [9.17, 15) is 13.2 Å². The molecule has 3 aromatic heterocycles. The van der Waals surface area contributed by atoms with Gasteiger partial charge in [0, 0.05) is 43.9 Å². The van der Waals surface area contributed by atoms with Gasteiger partial charge < -0.3 is 15.2 Å². The molecule has 11 heteroatoms. The van der Waals surface area contributed by atoms with Crippen molar-refractivity contribution in [3.05, 3.63) is 54.2 Å². The molecule has 0 spiro atoms. The van der Waals surface area contributed by atoms with Crippen LogP contribution in [0.3, 0.4) is 0 Å². The van der Waals surface area contributed by atoms with Crippen LogP contribution >= 0.6 is 0 Å². The van der Waals surface area contributed by atoms with E-state index in [4.69, 9.17) is 20.2 Å². The summed E-state index contributed by atoms with van der Waals surface area (Å²) in [6.45, 7) is 6.83. The second-order valence-electron chi connectivity index (χ2n) is 9.14. The molecule has 1 fully saturated rings. The van der Waals surface area contributed by atoms with Crippen LogP contribution in [0.5, 0.6) is 5.75 Å². The maximum absolute atomic E-state index is 14.1. The molecular weight excluding hydrogens is 497 g/mol. The van der Waals surface area contributed by atoms with E-state index in [0.29, 0.717) is 41.5 Å². The number of likely N-dealkylation sites (tertiary alicyclic amines) is 1. The molecule has 0 saturated carbocycles. The van der Waals surface area contributed by atoms with Gasteiger partial charge in [0.25, 0.3) is 0 Å². The van der Waals surface area contributed by atoms with E-state index < -0.39 is 12.2 Å². The van der Waals surface area contributed by atoms with Crippen LogP contribution in [0, 0.1) is 0 Å². The Labute approximate surface area is 219 Å². The third kappa shape index (κ3) is 5.90. The normalized spacial score (nSPS) is 17.8. The number of nitrogens with two attached hydrogens (primary N) is 1. The first-order valence-corrected chi connectivity index (χ1v) is 12.7. The Kier molecular flexibility index (Phi) is 8.49. The molecule has 5 rings (SSSR count). The summed E-state index contributed by atoms with van der Waals surface area (Å²) in [6, 6.07) is 10.2. The number of rotatable bonds is 7. The topological polar surface area (TPSA) is 90.8 Å². The predicted molar refractivity (Wildman–Crippen MR) is 140 cm³/mol. The van der Waals surface area contributed by atoms with Gasteiger partial charge in [-0.2, -0.15) is 13.2 Å². The lowest BCUT2D eigenvalue weighted by Gasteiger charge is -2.30. The van der Waals surface area contributed by atoms with Crippen molar-refractivity contribution in [2.45, 2.75) is 51.6 Å². The second-order valence-corrected chi connectivity index (χ2v) is 9.14. The number of aromatic nitrogens is 4. The Balaban J connectivity index is 0.00000164. The van der Waals surface area contributed by atoms with Crippen LogP contribution in [0.1, 0.15) is 38.8 Å². The molecule has 4 heterocycles. The maximum Gasteiger partial charge on any atom is 0.408 e. The number of hydrogen-bond donors (Lipinski definition) is 1. The number of methoxy groups -OCH3 is 1. The van der Waals surface area contributed by atoms with Crippen molar-refractivity contribution in [2.24, 2.45) is 5.73 Å². The van der Waals surface area contributed by atoms with Crippen LogP contribution in [-0.4, -0.2) is 69.6 Å². The fraction of sp³-hybridized carbons (Fsp3) is 0.444. The fourth-order valence-corrected chi connectivity index (χ4v) is 4.70. The fourth-order valence-electron chi connectivity index (χ4n) is 4.70. The van der Waals surface area contributed by atoms with E-state index in [1.54, 1.807) is 23.6 Å². The van der Waals surface area contributed by atoms with E-state index in [1.807, 2.05) is 45.0 Å². The van der Waals surface area contributed by atoms with Gasteiger partial charge in [-0.1, -0.05) is 26.0 Å². The molecule has 0 amide bonds. The number of fused-ring (bicyclic) bond motifs is 2. The van der Waals surface area contributed by atoms with E-state index in [2.05, 4.69) is 10.2 Å². The van der Waals surface area contributed by atoms with Crippen molar-refractivity contribution in [3.8, 4) is 17.3 Å². The molecule has 2 N–H and O–H groups in total. The molecule has 3 unspecified atom stereocenters. The molecule has 0 bridgehead atoms. The Bertz CT molecular complexity index is 1380. The average Bonchev–Trinajstić information content (AvgIpc) is 3.50. The lowest BCUT2D eigenvalue weighted by Crippen LogP contribution is -2.38. The van der Waals surface area contributed by atoms with Crippen molar-refractivity contribution >= 4 is 16.6 Å². The molecule has 204 valence electrons. The minimum absolute atomic E-state index is 0.105. The summed E-state index contributed by atoms with van der Waals surface area (Å²) in [5.74, 6) is 0.994. The van der Waals surface area contributed by atoms with Gasteiger partial charge in [0.1, 0.15) is 23.6 Å². The van der Waals surface area contributed by atoms with E-state index in [0.717, 1.165) is 5.39 Å². The Morgan fingerprint density at radius 1 is 1.11 bits per heavy atom. The van der Waals surface area contributed by atoms with Crippen molar-refractivity contribution in [1.29, 1.82) is 0 Å². The van der Waals surface area contributed by atoms with Gasteiger partial charge in [0.15, 0.2) is 11.5 Å². The van der Waals surface area contributed by atoms with Gasteiger partial charge in [-0.15, -0.1) is 10.2 Å². The first kappa shape index (κ1) is 27.7. The van der Waals surface area contributed by atoms with E-state index in [1.165, 1.54) is 17.2 Å². The summed E-state index contributed by atoms with van der Waals surface area (Å²) in [4.78, 5) is 6.09. The molecule has 1 aliphatic rings. The Hall–Kier alpha value is -3.28. The van der Waals surface area contributed by atoms with E-state index in [-0.39, 0.29) is 30.8 Å². The number of hydrogen-bond acceptors (Lipinski definition) is 7. The number of ether oxygens (including phenoxy) is 2. The van der Waals surface area contributed by atoms with E-state index >= 15 is 0 Å². The van der Waals surface area contributed by atoms with Gasteiger partial charge in [0.05, 0.1) is 12.1 Å². The third-order valence-electron chi connectivity index (χ3n) is 6.30. The van der Waals surface area contributed by atoms with Crippen LogP contribution in [0.25, 0.3) is 28.1 Å². The summed E-state index contributed by atoms with van der Waals surface area (Å²) in [5, 5.41) is 9.26. The van der Waals surface area contributed by atoms with Crippen LogP contribution < -0.4 is 10.5 Å². The molecule has 0 radical (unpaired) electrons. The van der Waals surface area contributed by atoms with Crippen LogP contribution in [0.4, 0.5) is 13.2 Å². The number of alkyl halides is 3. The first-order valence-electron chi connectivity index (χ1n) is 12.7. The van der Waals surface area contributed by atoms with Crippen LogP contribution in [0.2, 0.25) is 0 Å². The summed E-state index contributed by atoms with van der Waals surface area (Å²) >= 11 is 0. The minimum Gasteiger partial charge on any atom is -0.488 e. The second kappa shape index (κ2) is 11.6. The lowest BCUT2D eigenvalue weighted by molar-refractivity contribution is -0.183. The molecule has 1 saturated heterocycles. The zero-order chi connectivity index (χ0) is 27.4. The van der Waals surface area contributed by atoms with Crippen molar-refractivity contribution in [1.82, 2.24) is 24.5 Å². The monoisotopic (exact) mass is 530 g/mol. The highest BCUT2D eigenvalue weighted by Crippen LogP contribution is 2.39. The van der Waals surface area contributed by atoms with Gasteiger partial charge in [0.2, 0.25) is 0 Å². The number of benzene rings is 1. The summed E-state index contributed by atoms with van der Waals surface area (Å²) in [7, 11) is 1.61. The molecule has 38 heavy (non-hydrogen) atoms. The van der Waals surface area contributed by atoms with Gasteiger partial charge in [-0.05, 0) is 43.2 Å². The zero-order valence-corrected chi connectivity index (χ0v) is 21.9.